The smallest absolute Gasteiger partial charge is 0.275 e. The zero-order valence-corrected chi connectivity index (χ0v) is 13.8. The fraction of sp³-hybridized carbons (Fsp3) is 0.0667. The molecule has 0 unspecified atom stereocenters. The Morgan fingerprint density at radius 3 is 2.36 bits per heavy atom. The number of benzene rings is 1. The molecule has 1 heterocycles. The van der Waals surface area contributed by atoms with Crippen molar-refractivity contribution in [2.45, 2.75) is 6.42 Å². The minimum Gasteiger partial charge on any atom is -0.275 e. The lowest BCUT2D eigenvalue weighted by Gasteiger charge is -2.22. The van der Waals surface area contributed by atoms with Crippen LogP contribution in [0.4, 0.5) is 16.4 Å². The van der Waals surface area contributed by atoms with Gasteiger partial charge in [0.1, 0.15) is 0 Å². The van der Waals surface area contributed by atoms with Gasteiger partial charge in [0.2, 0.25) is 11.9 Å². The number of hydrogen-bond acceptors (Lipinski definition) is 6. The van der Waals surface area contributed by atoms with Crippen LogP contribution >= 0.6 is 0 Å². The van der Waals surface area contributed by atoms with Crippen LogP contribution in [0.15, 0.2) is 61.4 Å². The molecular weight excluding hydrogens is 346 g/mol. The van der Waals surface area contributed by atoms with Crippen LogP contribution in [0.3, 0.4) is 0 Å². The van der Waals surface area contributed by atoms with Crippen LogP contribution in [0.2, 0.25) is 0 Å². The number of rotatable bonds is 6. The minimum atomic E-state index is -4.50. The van der Waals surface area contributed by atoms with E-state index in [1.165, 1.54) is 36.7 Å². The molecule has 2 rings (SSSR count). The number of carbonyl (C=O) groups is 2. The van der Waals surface area contributed by atoms with Crippen molar-refractivity contribution >= 4 is 33.8 Å². The third-order valence-corrected chi connectivity index (χ3v) is 4.13. The van der Waals surface area contributed by atoms with E-state index in [0.29, 0.717) is 4.31 Å². The summed E-state index contributed by atoms with van der Waals surface area (Å²) in [4.78, 5) is 31.6. The topological polar surface area (TPSA) is 121 Å². The quantitative estimate of drug-likeness (QED) is 0.751. The van der Waals surface area contributed by atoms with Gasteiger partial charge in [0.05, 0.1) is 5.69 Å². The Hall–Kier alpha value is -3.27. The number of aromatic nitrogens is 2. The van der Waals surface area contributed by atoms with E-state index >= 15 is 0 Å². The zero-order valence-electron chi connectivity index (χ0n) is 13.0. The average Bonchev–Trinajstić information content (AvgIpc) is 2.56. The van der Waals surface area contributed by atoms with Gasteiger partial charge in [-0.1, -0.05) is 24.3 Å². The van der Waals surface area contributed by atoms with E-state index in [1.807, 2.05) is 0 Å². The van der Waals surface area contributed by atoms with Gasteiger partial charge in [-0.2, -0.15) is 12.7 Å². The maximum atomic E-state index is 12.5. The Morgan fingerprint density at radius 2 is 1.76 bits per heavy atom. The van der Waals surface area contributed by atoms with Crippen molar-refractivity contribution in [3.8, 4) is 0 Å². The van der Waals surface area contributed by atoms with Gasteiger partial charge in [0.25, 0.3) is 0 Å². The second-order valence-electron chi connectivity index (χ2n) is 4.62. The summed E-state index contributed by atoms with van der Waals surface area (Å²) in [5.74, 6) is -0.851. The van der Waals surface area contributed by atoms with Gasteiger partial charge in [-0.3, -0.25) is 10.1 Å². The second-order valence-corrected chi connectivity index (χ2v) is 6.14. The van der Waals surface area contributed by atoms with Crippen molar-refractivity contribution in [2.75, 3.05) is 9.62 Å². The molecule has 0 saturated heterocycles. The highest BCUT2D eigenvalue weighted by atomic mass is 32.2. The first-order chi connectivity index (χ1) is 11.9. The van der Waals surface area contributed by atoms with Crippen molar-refractivity contribution < 1.29 is 18.0 Å². The van der Waals surface area contributed by atoms with E-state index in [-0.39, 0.29) is 18.1 Å². The summed E-state index contributed by atoms with van der Waals surface area (Å²) in [6, 6.07) is 8.09. The molecule has 0 bridgehead atoms. The number of urea groups is 1. The van der Waals surface area contributed by atoms with Gasteiger partial charge in [0, 0.05) is 18.8 Å². The van der Waals surface area contributed by atoms with Crippen LogP contribution in [-0.2, 0) is 15.0 Å². The summed E-state index contributed by atoms with van der Waals surface area (Å²) in [5.41, 5.74) is 0.0885. The number of carbonyl (C=O) groups excluding carboxylic acids is 2. The van der Waals surface area contributed by atoms with Crippen LogP contribution in [0.1, 0.15) is 6.42 Å². The summed E-state index contributed by atoms with van der Waals surface area (Å²) < 4.78 is 27.3. The fourth-order valence-corrected chi connectivity index (χ4v) is 2.96. The molecule has 0 saturated carbocycles. The molecule has 25 heavy (non-hydrogen) atoms. The van der Waals surface area contributed by atoms with E-state index in [9.17, 15) is 18.0 Å². The highest BCUT2D eigenvalue weighted by molar-refractivity contribution is 7.92. The third-order valence-electron chi connectivity index (χ3n) is 2.79. The first kappa shape index (κ1) is 18.1. The molecule has 0 aliphatic carbocycles. The number of nitrogens with zero attached hydrogens (tertiary/aromatic N) is 3. The van der Waals surface area contributed by atoms with Gasteiger partial charge in [0.15, 0.2) is 0 Å². The third kappa shape index (κ3) is 4.85. The minimum absolute atomic E-state index is 0.0844. The maximum absolute atomic E-state index is 12.5. The SMILES string of the molecule is C=CCC(=O)N(c1ccccc1)S(=O)(=O)NC(=O)Nc1ncccn1. The van der Waals surface area contributed by atoms with Crippen molar-refractivity contribution in [3.05, 3.63) is 61.4 Å². The van der Waals surface area contributed by atoms with Crippen LogP contribution in [0, 0.1) is 0 Å². The molecule has 0 spiro atoms. The van der Waals surface area contributed by atoms with E-state index in [2.05, 4.69) is 21.9 Å². The molecule has 0 fully saturated rings. The highest BCUT2D eigenvalue weighted by Gasteiger charge is 2.30. The van der Waals surface area contributed by atoms with Gasteiger partial charge >= 0.3 is 16.2 Å². The largest absolute Gasteiger partial charge is 0.336 e. The zero-order chi connectivity index (χ0) is 18.3. The van der Waals surface area contributed by atoms with E-state index in [1.54, 1.807) is 22.9 Å². The fourth-order valence-electron chi connectivity index (χ4n) is 1.84. The van der Waals surface area contributed by atoms with Crippen LogP contribution in [-0.4, -0.2) is 30.3 Å². The summed E-state index contributed by atoms with van der Waals surface area (Å²) in [6.07, 6.45) is 3.80. The van der Waals surface area contributed by atoms with Crippen LogP contribution in [0.5, 0.6) is 0 Å². The first-order valence-corrected chi connectivity index (χ1v) is 8.48. The molecule has 10 heteroatoms. The molecule has 1 aromatic carbocycles. The molecule has 0 aliphatic heterocycles. The van der Waals surface area contributed by atoms with Crippen molar-refractivity contribution in [3.63, 3.8) is 0 Å². The molecular formula is C15H15N5O4S. The van der Waals surface area contributed by atoms with Crippen molar-refractivity contribution in [2.24, 2.45) is 0 Å². The summed E-state index contributed by atoms with van der Waals surface area (Å²) in [7, 11) is -4.50. The average molecular weight is 361 g/mol. The Morgan fingerprint density at radius 1 is 1.12 bits per heavy atom. The predicted molar refractivity (Wildman–Crippen MR) is 91.8 cm³/mol. The molecule has 2 aromatic rings. The monoisotopic (exact) mass is 361 g/mol. The van der Waals surface area contributed by atoms with E-state index < -0.39 is 22.1 Å². The number of anilines is 2. The number of amides is 3. The Kier molecular flexibility index (Phi) is 5.79. The van der Waals surface area contributed by atoms with Gasteiger partial charge in [-0.05, 0) is 18.2 Å². The maximum Gasteiger partial charge on any atom is 0.336 e. The lowest BCUT2D eigenvalue weighted by Crippen LogP contribution is -2.48. The number of para-hydroxylation sites is 1. The molecule has 2 N–H and O–H groups in total. The molecule has 0 aliphatic rings. The summed E-state index contributed by atoms with van der Waals surface area (Å²) in [6.45, 7) is 3.42. The molecule has 3 amide bonds. The van der Waals surface area contributed by atoms with Crippen molar-refractivity contribution in [1.82, 2.24) is 14.7 Å². The molecule has 1 aromatic heterocycles. The van der Waals surface area contributed by atoms with Crippen molar-refractivity contribution in [1.29, 1.82) is 0 Å². The molecule has 9 nitrogen and oxygen atoms in total. The normalized spacial score (nSPS) is 10.6. The van der Waals surface area contributed by atoms with Gasteiger partial charge in [-0.15, -0.1) is 6.58 Å². The van der Waals surface area contributed by atoms with Gasteiger partial charge < -0.3 is 0 Å². The molecule has 0 radical (unpaired) electrons. The van der Waals surface area contributed by atoms with Crippen LogP contribution < -0.4 is 14.3 Å². The number of nitrogens with one attached hydrogen (secondary N) is 2. The Labute approximate surface area is 144 Å². The lowest BCUT2D eigenvalue weighted by atomic mass is 10.3. The molecule has 0 atom stereocenters. The highest BCUT2D eigenvalue weighted by Crippen LogP contribution is 2.18. The second kappa shape index (κ2) is 8.02. The molecule has 130 valence electrons. The standard InChI is InChI=1S/C15H15N5O4S/c1-2-7-13(21)20(12-8-4-3-5-9-12)25(23,24)19-15(22)18-14-16-10-6-11-17-14/h2-6,8-11H,1,7H2,(H2,16,17,18,19,22). The van der Waals surface area contributed by atoms with E-state index in [4.69, 9.17) is 0 Å². The summed E-state index contributed by atoms with van der Waals surface area (Å²) >= 11 is 0. The van der Waals surface area contributed by atoms with Crippen LogP contribution in [0.25, 0.3) is 0 Å². The Bertz CT molecular complexity index is 856. The Balaban J connectivity index is 2.24. The lowest BCUT2D eigenvalue weighted by molar-refractivity contribution is -0.116. The summed E-state index contributed by atoms with van der Waals surface area (Å²) in [5, 5.41) is 2.17. The predicted octanol–water partition coefficient (Wildman–Crippen LogP) is 1.45. The van der Waals surface area contributed by atoms with E-state index in [0.717, 1.165) is 0 Å². The number of hydrogen-bond donors (Lipinski definition) is 2. The first-order valence-electron chi connectivity index (χ1n) is 7.04. The van der Waals surface area contributed by atoms with Gasteiger partial charge in [-0.25, -0.2) is 19.5 Å².